The van der Waals surface area contributed by atoms with Crippen LogP contribution in [0, 0.1) is 11.7 Å². The SMILES string of the molecule is C[C@H](CC/C=C/C(=O)NO)[C@@H](OC(=O)Nc1ccccc1)c1ccc(O)c(F)c1. The fourth-order valence-electron chi connectivity index (χ4n) is 2.74. The number of halogens is 1. The van der Waals surface area contributed by atoms with Crippen LogP contribution in [-0.2, 0) is 9.53 Å². The molecule has 154 valence electrons. The molecule has 0 aromatic heterocycles. The van der Waals surface area contributed by atoms with Gasteiger partial charge in [0.05, 0.1) is 0 Å². The van der Waals surface area contributed by atoms with E-state index in [1.54, 1.807) is 30.3 Å². The first-order valence-electron chi connectivity index (χ1n) is 9.02. The van der Waals surface area contributed by atoms with Crippen LogP contribution in [0.4, 0.5) is 14.9 Å². The number of carbonyl (C=O) groups is 2. The number of allylic oxidation sites excluding steroid dienone is 1. The molecule has 0 aliphatic rings. The Morgan fingerprint density at radius 1 is 1.21 bits per heavy atom. The number of benzene rings is 2. The van der Waals surface area contributed by atoms with Crippen molar-refractivity contribution in [1.82, 2.24) is 5.48 Å². The van der Waals surface area contributed by atoms with E-state index in [1.165, 1.54) is 23.7 Å². The van der Waals surface area contributed by atoms with Gasteiger partial charge < -0.3 is 9.84 Å². The molecule has 2 atom stereocenters. The molecule has 2 aromatic rings. The van der Waals surface area contributed by atoms with Crippen LogP contribution in [0.1, 0.15) is 31.4 Å². The number of hydrogen-bond donors (Lipinski definition) is 4. The molecule has 0 saturated carbocycles. The summed E-state index contributed by atoms with van der Waals surface area (Å²) in [4.78, 5) is 23.3. The Bertz CT molecular complexity index is 857. The van der Waals surface area contributed by atoms with E-state index >= 15 is 0 Å². The molecule has 2 amide bonds. The van der Waals surface area contributed by atoms with Gasteiger partial charge in [0.15, 0.2) is 11.6 Å². The van der Waals surface area contributed by atoms with Gasteiger partial charge in [-0.05, 0) is 48.6 Å². The third-order valence-electron chi connectivity index (χ3n) is 4.24. The first-order chi connectivity index (χ1) is 13.9. The fourth-order valence-corrected chi connectivity index (χ4v) is 2.74. The minimum atomic E-state index is -0.814. The quantitative estimate of drug-likeness (QED) is 0.299. The molecule has 0 aliphatic carbocycles. The number of para-hydroxylation sites is 1. The predicted molar refractivity (Wildman–Crippen MR) is 105 cm³/mol. The van der Waals surface area contributed by atoms with E-state index < -0.39 is 29.7 Å². The molecule has 2 aromatic carbocycles. The number of anilines is 1. The Morgan fingerprint density at radius 2 is 1.93 bits per heavy atom. The molecule has 0 unspecified atom stereocenters. The highest BCUT2D eigenvalue weighted by atomic mass is 19.1. The molecule has 0 radical (unpaired) electrons. The van der Waals surface area contributed by atoms with Gasteiger partial charge in [-0.1, -0.05) is 37.3 Å². The number of amides is 2. The van der Waals surface area contributed by atoms with Gasteiger partial charge in [0.1, 0.15) is 6.10 Å². The van der Waals surface area contributed by atoms with E-state index in [2.05, 4.69) is 5.32 Å². The molecule has 0 bridgehead atoms. The molecule has 29 heavy (non-hydrogen) atoms. The van der Waals surface area contributed by atoms with E-state index in [-0.39, 0.29) is 5.92 Å². The zero-order valence-corrected chi connectivity index (χ0v) is 15.8. The van der Waals surface area contributed by atoms with Gasteiger partial charge in [-0.25, -0.2) is 14.7 Å². The van der Waals surface area contributed by atoms with E-state index in [0.717, 1.165) is 6.07 Å². The zero-order chi connectivity index (χ0) is 21.2. The van der Waals surface area contributed by atoms with Gasteiger partial charge in [0.2, 0.25) is 0 Å². The van der Waals surface area contributed by atoms with Crippen LogP contribution in [0.15, 0.2) is 60.7 Å². The average molecular weight is 402 g/mol. The number of hydroxylamine groups is 1. The van der Waals surface area contributed by atoms with E-state index in [9.17, 15) is 19.1 Å². The van der Waals surface area contributed by atoms with Crippen molar-refractivity contribution in [2.75, 3.05) is 5.32 Å². The van der Waals surface area contributed by atoms with Gasteiger partial charge in [-0.15, -0.1) is 0 Å². The highest BCUT2D eigenvalue weighted by molar-refractivity contribution is 5.86. The highest BCUT2D eigenvalue weighted by Crippen LogP contribution is 2.32. The summed E-state index contributed by atoms with van der Waals surface area (Å²) in [5, 5.41) is 20.5. The topological polar surface area (TPSA) is 108 Å². The number of carbonyl (C=O) groups excluding carboxylic acids is 2. The summed E-state index contributed by atoms with van der Waals surface area (Å²) in [5.74, 6) is -2.19. The van der Waals surface area contributed by atoms with Crippen LogP contribution in [0.3, 0.4) is 0 Å². The molecule has 8 heteroatoms. The summed E-state index contributed by atoms with van der Waals surface area (Å²) in [6.07, 6.45) is 2.26. The van der Waals surface area contributed by atoms with E-state index in [1.807, 2.05) is 13.0 Å². The number of phenols is 1. The standard InChI is InChI=1S/C21H23FN2O5/c1-14(7-5-6-10-19(26)24-28)20(15-11-12-18(25)17(22)13-15)29-21(27)23-16-8-3-2-4-9-16/h2-4,6,8-14,20,25,28H,5,7H2,1H3,(H,23,27)(H,24,26)/b10-6+/t14-,20-/m1/s1. The zero-order valence-electron chi connectivity index (χ0n) is 15.8. The summed E-state index contributed by atoms with van der Waals surface area (Å²) in [5.41, 5.74) is 2.44. The van der Waals surface area contributed by atoms with Crippen molar-refractivity contribution in [2.45, 2.75) is 25.9 Å². The molecule has 2 rings (SSSR count). The lowest BCUT2D eigenvalue weighted by atomic mass is 9.93. The second-order valence-corrected chi connectivity index (χ2v) is 6.46. The van der Waals surface area contributed by atoms with Gasteiger partial charge in [-0.3, -0.25) is 15.3 Å². The molecule has 0 fully saturated rings. The first-order valence-corrected chi connectivity index (χ1v) is 9.02. The minimum Gasteiger partial charge on any atom is -0.505 e. The van der Waals surface area contributed by atoms with Crippen LogP contribution >= 0.6 is 0 Å². The van der Waals surface area contributed by atoms with E-state index in [0.29, 0.717) is 24.1 Å². The summed E-state index contributed by atoms with van der Waals surface area (Å²) in [6, 6.07) is 12.6. The van der Waals surface area contributed by atoms with Gasteiger partial charge in [0, 0.05) is 11.8 Å². The van der Waals surface area contributed by atoms with Crippen LogP contribution in [0.2, 0.25) is 0 Å². The van der Waals surface area contributed by atoms with Gasteiger partial charge >= 0.3 is 6.09 Å². The summed E-state index contributed by atoms with van der Waals surface area (Å²) in [7, 11) is 0. The molecule has 4 N–H and O–H groups in total. The highest BCUT2D eigenvalue weighted by Gasteiger charge is 2.24. The Kier molecular flexibility index (Phi) is 8.17. The number of phenolic OH excluding ortho intramolecular Hbond substituents is 1. The van der Waals surface area contributed by atoms with Crippen LogP contribution in [0.5, 0.6) is 5.75 Å². The summed E-state index contributed by atoms with van der Waals surface area (Å²) in [6.45, 7) is 1.82. The third kappa shape index (κ3) is 6.93. The molecule has 7 nitrogen and oxygen atoms in total. The van der Waals surface area contributed by atoms with Crippen molar-refractivity contribution in [3.05, 3.63) is 72.1 Å². The smallest absolute Gasteiger partial charge is 0.412 e. The number of rotatable bonds is 8. The Labute approximate surface area is 167 Å². The lowest BCUT2D eigenvalue weighted by Crippen LogP contribution is -2.22. The number of aromatic hydroxyl groups is 1. The Balaban J connectivity index is 2.11. The fraction of sp³-hybridized carbons (Fsp3) is 0.238. The Morgan fingerprint density at radius 3 is 2.59 bits per heavy atom. The number of ether oxygens (including phenoxy) is 1. The third-order valence-corrected chi connectivity index (χ3v) is 4.24. The molecule has 0 saturated heterocycles. The Hall–Kier alpha value is -3.39. The maximum Gasteiger partial charge on any atom is 0.412 e. The predicted octanol–water partition coefficient (Wildman–Crippen LogP) is 4.30. The van der Waals surface area contributed by atoms with Gasteiger partial charge in [0.25, 0.3) is 5.91 Å². The molecule has 0 heterocycles. The number of hydrogen-bond acceptors (Lipinski definition) is 5. The van der Waals surface area contributed by atoms with E-state index in [4.69, 9.17) is 9.94 Å². The minimum absolute atomic E-state index is 0.234. The molecule has 0 aliphatic heterocycles. The largest absolute Gasteiger partial charge is 0.505 e. The second kappa shape index (κ2) is 10.8. The van der Waals surface area contributed by atoms with Crippen molar-refractivity contribution < 1.29 is 29.0 Å². The lowest BCUT2D eigenvalue weighted by molar-refractivity contribution is -0.124. The lowest BCUT2D eigenvalue weighted by Gasteiger charge is -2.24. The van der Waals surface area contributed by atoms with Crippen molar-refractivity contribution in [3.8, 4) is 5.75 Å². The summed E-state index contributed by atoms with van der Waals surface area (Å²) < 4.78 is 19.4. The normalized spacial score (nSPS) is 12.9. The second-order valence-electron chi connectivity index (χ2n) is 6.46. The van der Waals surface area contributed by atoms with Crippen LogP contribution in [0.25, 0.3) is 0 Å². The maximum absolute atomic E-state index is 13.8. The van der Waals surface area contributed by atoms with Crippen LogP contribution in [-0.4, -0.2) is 22.3 Å². The van der Waals surface area contributed by atoms with Crippen LogP contribution < -0.4 is 10.8 Å². The van der Waals surface area contributed by atoms with Crippen molar-refractivity contribution in [1.29, 1.82) is 0 Å². The number of nitrogens with one attached hydrogen (secondary N) is 2. The van der Waals surface area contributed by atoms with Crippen molar-refractivity contribution in [3.63, 3.8) is 0 Å². The maximum atomic E-state index is 13.8. The van der Waals surface area contributed by atoms with Crippen molar-refractivity contribution in [2.24, 2.45) is 5.92 Å². The molecular weight excluding hydrogens is 379 g/mol. The molecule has 0 spiro atoms. The van der Waals surface area contributed by atoms with Gasteiger partial charge in [-0.2, -0.15) is 0 Å². The molecular formula is C21H23FN2O5. The van der Waals surface area contributed by atoms with Crippen molar-refractivity contribution >= 4 is 17.7 Å². The average Bonchev–Trinajstić information content (AvgIpc) is 2.72. The first kappa shape index (κ1) is 21.9. The summed E-state index contributed by atoms with van der Waals surface area (Å²) >= 11 is 0. The monoisotopic (exact) mass is 402 g/mol.